The smallest absolute Gasteiger partial charge is 0.285 e. The largest absolute Gasteiger partial charge is 0.434 e. The third kappa shape index (κ3) is 8.25. The van der Waals surface area contributed by atoms with Gasteiger partial charge < -0.3 is 4.74 Å². The van der Waals surface area contributed by atoms with E-state index in [0.717, 1.165) is 17.9 Å². The summed E-state index contributed by atoms with van der Waals surface area (Å²) >= 11 is 0. The average Bonchev–Trinajstić information content (AvgIpc) is 3.30. The minimum absolute atomic E-state index is 0.604. The molecule has 0 unspecified atom stereocenters. The van der Waals surface area contributed by atoms with E-state index >= 15 is 35.1 Å². The van der Waals surface area contributed by atoms with Gasteiger partial charge in [0.15, 0.2) is 82.5 Å². The molecule has 0 bridgehead atoms. The predicted molar refractivity (Wildman–Crippen MR) is 195 cm³/mol. The summed E-state index contributed by atoms with van der Waals surface area (Å²) in [6, 6.07) is 16.5. The van der Waals surface area contributed by atoms with Gasteiger partial charge in [0.05, 0.1) is 6.20 Å². The van der Waals surface area contributed by atoms with Crippen molar-refractivity contribution in [3.63, 3.8) is 0 Å². The molecule has 1 aromatic heterocycles. The van der Waals surface area contributed by atoms with Crippen molar-refractivity contribution in [1.29, 1.82) is 0 Å². The van der Waals surface area contributed by atoms with E-state index in [2.05, 4.69) is 40.7 Å². The third-order valence-corrected chi connectivity index (χ3v) is 10.2. The van der Waals surface area contributed by atoms with Gasteiger partial charge in [-0.2, -0.15) is 4.57 Å². The molecule has 6 aromatic carbocycles. The second-order valence-corrected chi connectivity index (χ2v) is 14.2. The molecule has 24 heteroatoms. The summed E-state index contributed by atoms with van der Waals surface area (Å²) in [6.45, 7) is 4.89. The summed E-state index contributed by atoms with van der Waals surface area (Å²) in [4.78, 5) is 4.30. The topological polar surface area (TPSA) is 26.0 Å². The first-order chi connectivity index (χ1) is 31.4. The quantitative estimate of drug-likeness (QED) is 0.0499. The molecule has 0 spiro atoms. The second-order valence-electron chi connectivity index (χ2n) is 14.2. The van der Waals surface area contributed by atoms with Gasteiger partial charge >= 0.3 is 0 Å². The second kappa shape index (κ2) is 18.6. The molecule has 0 atom stereocenters. The molecule has 0 aliphatic rings. The first-order valence-corrected chi connectivity index (χ1v) is 18.3. The van der Waals surface area contributed by atoms with Crippen molar-refractivity contribution in [2.45, 2.75) is 20.4 Å². The molecule has 7 aromatic rings. The van der Waals surface area contributed by atoms with Crippen LogP contribution < -0.4 is 31.2 Å². The third-order valence-electron chi connectivity index (χ3n) is 10.2. The highest BCUT2D eigenvalue weighted by molar-refractivity contribution is 7.20. The Labute approximate surface area is 362 Å². The van der Waals surface area contributed by atoms with Crippen LogP contribution in [-0.2, 0) is 6.54 Å². The van der Waals surface area contributed by atoms with Crippen LogP contribution in [0.1, 0.15) is 16.7 Å². The molecule has 1 heterocycles. The van der Waals surface area contributed by atoms with E-state index in [0.29, 0.717) is 5.88 Å². The minimum Gasteiger partial charge on any atom is -0.434 e. The van der Waals surface area contributed by atoms with E-state index in [1.54, 1.807) is 6.20 Å². The molecular weight excluding hydrogens is 951 g/mol. The molecule has 0 amide bonds. The van der Waals surface area contributed by atoms with Gasteiger partial charge in [0.1, 0.15) is 58.4 Å². The van der Waals surface area contributed by atoms with E-state index in [4.69, 9.17) is 4.74 Å². The first-order valence-electron chi connectivity index (χ1n) is 18.3. The molecule has 0 N–H and O–H groups in total. The summed E-state index contributed by atoms with van der Waals surface area (Å²) in [6.07, 6.45) is -1.58. The fourth-order valence-corrected chi connectivity index (χ4v) is 7.16. The standard InChI is InChI=1S/C24BF20.C19H19N2O/c26-5-1(6(27)14(35)21(42)13(5)34)25(2-7(28)15(36)22(43)16(37)8(2)29,3-9(30)17(38)23(44)18(39)10(3)31)4-11(32)19(40)24(45)20(41)12(4)33;1-15-8-9-16(2)18(12-15)22-19-14-21(11-10-20-19)13-17-6-4-3-5-7-17/h;3-12,14H,13H2,1-2H3/q-1;+1. The molecule has 0 aliphatic carbocycles. The molecule has 7 rings (SSSR count). The Balaban J connectivity index is 0.000000279. The zero-order chi connectivity index (χ0) is 49.7. The summed E-state index contributed by atoms with van der Waals surface area (Å²) < 4.78 is 302. The van der Waals surface area contributed by atoms with Crippen LogP contribution in [0.2, 0.25) is 0 Å². The Morgan fingerprint density at radius 2 is 0.761 bits per heavy atom. The lowest BCUT2D eigenvalue weighted by atomic mass is 9.12. The molecule has 3 nitrogen and oxygen atoms in total. The van der Waals surface area contributed by atoms with E-state index in [1.807, 2.05) is 43.6 Å². The number of aryl methyl sites for hydroxylation is 2. The van der Waals surface area contributed by atoms with Gasteiger partial charge in [0.25, 0.3) is 5.88 Å². The Morgan fingerprint density at radius 3 is 1.10 bits per heavy atom. The van der Waals surface area contributed by atoms with Crippen molar-refractivity contribution >= 4 is 28.0 Å². The maximum atomic E-state index is 15.4. The van der Waals surface area contributed by atoms with Crippen molar-refractivity contribution in [3.05, 3.63) is 200 Å². The van der Waals surface area contributed by atoms with Gasteiger partial charge in [-0.3, -0.25) is 0 Å². The zero-order valence-electron chi connectivity index (χ0n) is 33.0. The summed E-state index contributed by atoms with van der Waals surface area (Å²) in [5.74, 6) is -69.9. The van der Waals surface area contributed by atoms with E-state index in [9.17, 15) is 52.7 Å². The van der Waals surface area contributed by atoms with Crippen LogP contribution in [0.3, 0.4) is 0 Å². The Morgan fingerprint density at radius 1 is 0.433 bits per heavy atom. The van der Waals surface area contributed by atoms with Gasteiger partial charge in [-0.1, -0.05) is 42.5 Å². The van der Waals surface area contributed by atoms with Crippen LogP contribution in [0.15, 0.2) is 67.1 Å². The van der Waals surface area contributed by atoms with E-state index in [1.165, 1.54) is 11.1 Å². The number of nitrogens with zero attached hydrogens (tertiary/aromatic N) is 2. The maximum absolute atomic E-state index is 15.4. The van der Waals surface area contributed by atoms with Gasteiger partial charge in [-0.25, -0.2) is 92.8 Å². The van der Waals surface area contributed by atoms with Gasteiger partial charge in [0.2, 0.25) is 6.20 Å². The highest BCUT2D eigenvalue weighted by Crippen LogP contribution is 2.31. The van der Waals surface area contributed by atoms with Crippen LogP contribution in [0.25, 0.3) is 0 Å². The molecule has 67 heavy (non-hydrogen) atoms. The number of benzene rings is 6. The lowest BCUT2D eigenvalue weighted by Gasteiger charge is -2.44. The van der Waals surface area contributed by atoms with Gasteiger partial charge in [-0.05, 0) is 31.0 Å². The number of hydrogen-bond donors (Lipinski definition) is 0. The predicted octanol–water partition coefficient (Wildman–Crippen LogP) is 9.67. The van der Waals surface area contributed by atoms with E-state index in [-0.39, 0.29) is 0 Å². The van der Waals surface area contributed by atoms with Crippen molar-refractivity contribution in [1.82, 2.24) is 4.98 Å². The monoisotopic (exact) mass is 970 g/mol. The average molecular weight is 970 g/mol. The number of rotatable bonds is 8. The lowest BCUT2D eigenvalue weighted by Crippen LogP contribution is -2.81. The first kappa shape index (κ1) is 49.3. The maximum Gasteiger partial charge on any atom is 0.285 e. The van der Waals surface area contributed by atoms with Crippen molar-refractivity contribution in [2.24, 2.45) is 0 Å². The van der Waals surface area contributed by atoms with E-state index < -0.39 is 144 Å². The normalized spacial score (nSPS) is 11.5. The fraction of sp³-hybridized carbons (Fsp3) is 0.0698. The number of aromatic nitrogens is 2. The van der Waals surface area contributed by atoms with Crippen LogP contribution in [0, 0.1) is 130 Å². The van der Waals surface area contributed by atoms with Crippen LogP contribution in [-0.4, -0.2) is 11.1 Å². The highest BCUT2D eigenvalue weighted by atomic mass is 19.2. The molecular formula is C43H19BF20N2O. The number of hydrogen-bond acceptors (Lipinski definition) is 2. The molecule has 0 saturated heterocycles. The fourth-order valence-electron chi connectivity index (χ4n) is 7.16. The Hall–Kier alpha value is -7.14. The Kier molecular flexibility index (Phi) is 13.7. The molecule has 0 fully saturated rings. The van der Waals surface area contributed by atoms with Gasteiger partial charge in [-0.15, -0.1) is 21.9 Å². The van der Waals surface area contributed by atoms with Gasteiger partial charge in [0, 0.05) is 5.56 Å². The van der Waals surface area contributed by atoms with Crippen molar-refractivity contribution in [3.8, 4) is 11.6 Å². The van der Waals surface area contributed by atoms with Crippen LogP contribution >= 0.6 is 0 Å². The molecule has 0 saturated carbocycles. The van der Waals surface area contributed by atoms with Crippen LogP contribution in [0.5, 0.6) is 11.6 Å². The molecule has 350 valence electrons. The Bertz CT molecular complexity index is 2730. The summed E-state index contributed by atoms with van der Waals surface area (Å²) in [5, 5.41) is 0. The highest BCUT2D eigenvalue weighted by Gasteiger charge is 2.52. The minimum atomic E-state index is -7.22. The summed E-state index contributed by atoms with van der Waals surface area (Å²) in [7, 11) is 0. The number of ether oxygens (including phenoxy) is 1. The zero-order valence-corrected chi connectivity index (χ0v) is 33.0. The van der Waals surface area contributed by atoms with Crippen molar-refractivity contribution in [2.75, 3.05) is 0 Å². The summed E-state index contributed by atoms with van der Waals surface area (Å²) in [5.41, 5.74) is -10.8. The molecule has 0 radical (unpaired) electrons. The molecule has 0 aliphatic heterocycles. The lowest BCUT2D eigenvalue weighted by molar-refractivity contribution is -0.689. The SMILES string of the molecule is Cc1ccc(C)c(Oc2c[n+](Cc3ccccc3)ccn2)c1.Fc1c(F)c(F)c([B-](c2c(F)c(F)c(F)c(F)c2F)(c2c(F)c(F)c(F)c(F)c2F)c2c(F)c(F)c(F)c(F)c2F)c(F)c1F. The van der Waals surface area contributed by atoms with Crippen LogP contribution in [0.4, 0.5) is 87.8 Å². The van der Waals surface area contributed by atoms with Crippen molar-refractivity contribution < 1.29 is 97.1 Å². The number of halogens is 20.